The van der Waals surface area contributed by atoms with Gasteiger partial charge in [0.2, 0.25) is 10.0 Å². The molecule has 36 heavy (non-hydrogen) atoms. The number of methoxy groups -OCH3 is 1. The van der Waals surface area contributed by atoms with Crippen LogP contribution in [0.3, 0.4) is 0 Å². The number of benzene rings is 2. The van der Waals surface area contributed by atoms with Gasteiger partial charge in [0.15, 0.2) is 4.80 Å². The number of carbonyl (C=O) groups is 2. The highest BCUT2D eigenvalue weighted by atomic mass is 32.2. The molecule has 2 aromatic carbocycles. The van der Waals surface area contributed by atoms with E-state index in [1.54, 1.807) is 11.6 Å². The lowest BCUT2D eigenvalue weighted by molar-refractivity contribution is -0.141. The molecule has 192 valence electrons. The van der Waals surface area contributed by atoms with Gasteiger partial charge in [-0.05, 0) is 61.2 Å². The van der Waals surface area contributed by atoms with Crippen LogP contribution in [0.5, 0.6) is 0 Å². The monoisotopic (exact) mass is 529 g/mol. The standard InChI is InChI=1S/C26H31N3O5S2/c1-4-18-10-15-22-23(16-18)35-26(29(22)17-24(30)34-3)27-25(31)19-11-13-21(14-12-19)36(32,33)28(2)20-8-6-5-7-9-20/h10-16,20H,4-9,17H2,1-3H3. The van der Waals surface area contributed by atoms with Crippen LogP contribution in [0.1, 0.15) is 54.9 Å². The topological polar surface area (TPSA) is 98.0 Å². The first-order valence-electron chi connectivity index (χ1n) is 12.1. The van der Waals surface area contributed by atoms with Gasteiger partial charge in [0.25, 0.3) is 5.91 Å². The Morgan fingerprint density at radius 1 is 1.11 bits per heavy atom. The molecule has 1 aromatic heterocycles. The Kier molecular flexibility index (Phi) is 8.07. The maximum atomic E-state index is 13.1. The fourth-order valence-corrected chi connectivity index (χ4v) is 7.00. The summed E-state index contributed by atoms with van der Waals surface area (Å²) < 4.78 is 35.1. The maximum Gasteiger partial charge on any atom is 0.325 e. The lowest BCUT2D eigenvalue weighted by Crippen LogP contribution is -2.38. The molecule has 0 spiro atoms. The van der Waals surface area contributed by atoms with Gasteiger partial charge in [-0.2, -0.15) is 9.30 Å². The van der Waals surface area contributed by atoms with Crippen LogP contribution in [0, 0.1) is 0 Å². The number of amides is 1. The van der Waals surface area contributed by atoms with Gasteiger partial charge >= 0.3 is 5.97 Å². The fourth-order valence-electron chi connectivity index (χ4n) is 4.50. The van der Waals surface area contributed by atoms with Gasteiger partial charge in [0.05, 0.1) is 22.2 Å². The summed E-state index contributed by atoms with van der Waals surface area (Å²) in [6.45, 7) is 1.99. The number of carbonyl (C=O) groups excluding carboxylic acids is 2. The highest BCUT2D eigenvalue weighted by Crippen LogP contribution is 2.27. The quantitative estimate of drug-likeness (QED) is 0.429. The lowest BCUT2D eigenvalue weighted by Gasteiger charge is -2.30. The number of sulfonamides is 1. The molecule has 1 saturated carbocycles. The van der Waals surface area contributed by atoms with Crippen molar-refractivity contribution in [1.29, 1.82) is 0 Å². The molecule has 8 nitrogen and oxygen atoms in total. The molecule has 0 unspecified atom stereocenters. The Balaban J connectivity index is 1.64. The largest absolute Gasteiger partial charge is 0.468 e. The molecule has 1 aliphatic carbocycles. The van der Waals surface area contributed by atoms with Crippen LogP contribution < -0.4 is 4.80 Å². The summed E-state index contributed by atoms with van der Waals surface area (Å²) in [5.41, 5.74) is 2.20. The van der Waals surface area contributed by atoms with E-state index in [0.717, 1.165) is 54.3 Å². The van der Waals surface area contributed by atoms with Crippen molar-refractivity contribution < 1.29 is 22.7 Å². The van der Waals surface area contributed by atoms with Gasteiger partial charge in [-0.25, -0.2) is 8.42 Å². The van der Waals surface area contributed by atoms with Crippen LogP contribution in [-0.2, 0) is 32.5 Å². The van der Waals surface area contributed by atoms with E-state index in [-0.39, 0.29) is 23.0 Å². The molecule has 0 bridgehead atoms. The van der Waals surface area contributed by atoms with E-state index < -0.39 is 21.9 Å². The molecule has 10 heteroatoms. The van der Waals surface area contributed by atoms with Crippen LogP contribution in [0.25, 0.3) is 10.2 Å². The number of aromatic nitrogens is 1. The van der Waals surface area contributed by atoms with Gasteiger partial charge in [0, 0.05) is 18.7 Å². The minimum absolute atomic E-state index is 0.00602. The molecule has 0 radical (unpaired) electrons. The van der Waals surface area contributed by atoms with Gasteiger partial charge in [-0.1, -0.05) is 43.6 Å². The van der Waals surface area contributed by atoms with Crippen LogP contribution in [-0.4, -0.2) is 49.4 Å². The Morgan fingerprint density at radius 3 is 2.44 bits per heavy atom. The van der Waals surface area contributed by atoms with Crippen molar-refractivity contribution in [2.45, 2.75) is 62.9 Å². The van der Waals surface area contributed by atoms with Crippen molar-refractivity contribution in [2.75, 3.05) is 14.2 Å². The van der Waals surface area contributed by atoms with Crippen LogP contribution in [0.4, 0.5) is 0 Å². The smallest absolute Gasteiger partial charge is 0.325 e. The van der Waals surface area contributed by atoms with Crippen molar-refractivity contribution in [3.63, 3.8) is 0 Å². The van der Waals surface area contributed by atoms with Crippen molar-refractivity contribution in [1.82, 2.24) is 8.87 Å². The van der Waals surface area contributed by atoms with Crippen molar-refractivity contribution in [3.8, 4) is 0 Å². The first kappa shape index (κ1) is 26.2. The number of rotatable bonds is 7. The third kappa shape index (κ3) is 5.45. The summed E-state index contributed by atoms with van der Waals surface area (Å²) in [5, 5.41) is 0. The highest BCUT2D eigenvalue weighted by molar-refractivity contribution is 7.89. The molecule has 0 aliphatic heterocycles. The van der Waals surface area contributed by atoms with Gasteiger partial charge in [-0.15, -0.1) is 0 Å². The second-order valence-corrected chi connectivity index (χ2v) is 12.0. The maximum absolute atomic E-state index is 13.1. The number of hydrogen-bond acceptors (Lipinski definition) is 6. The zero-order valence-corrected chi connectivity index (χ0v) is 22.4. The number of ether oxygens (including phenoxy) is 1. The third-order valence-electron chi connectivity index (χ3n) is 6.73. The van der Waals surface area contributed by atoms with Crippen LogP contribution in [0.2, 0.25) is 0 Å². The SMILES string of the molecule is CCc1ccc2c(c1)sc(=NC(=O)c1ccc(S(=O)(=O)N(C)C3CCCCC3)cc1)n2CC(=O)OC. The zero-order chi connectivity index (χ0) is 25.9. The van der Waals surface area contributed by atoms with E-state index >= 15 is 0 Å². The van der Waals surface area contributed by atoms with E-state index in [0.29, 0.717) is 4.80 Å². The predicted octanol–water partition coefficient (Wildman–Crippen LogP) is 4.13. The molecule has 1 amide bonds. The molecular formula is C26H31N3O5S2. The average molecular weight is 530 g/mol. The molecule has 0 saturated heterocycles. The zero-order valence-electron chi connectivity index (χ0n) is 20.8. The number of fused-ring (bicyclic) bond motifs is 1. The van der Waals surface area contributed by atoms with E-state index in [4.69, 9.17) is 4.74 Å². The normalized spacial score (nSPS) is 15.5. The average Bonchev–Trinajstić information content (AvgIpc) is 3.24. The van der Waals surface area contributed by atoms with E-state index in [1.165, 1.54) is 47.0 Å². The summed E-state index contributed by atoms with van der Waals surface area (Å²) in [4.78, 5) is 29.9. The summed E-state index contributed by atoms with van der Waals surface area (Å²) in [6, 6.07) is 11.8. The van der Waals surface area contributed by atoms with E-state index in [1.807, 2.05) is 18.2 Å². The summed E-state index contributed by atoms with van der Waals surface area (Å²) in [6.07, 6.45) is 5.81. The minimum Gasteiger partial charge on any atom is -0.468 e. The summed E-state index contributed by atoms with van der Waals surface area (Å²) in [5.74, 6) is -0.958. The van der Waals surface area contributed by atoms with E-state index in [9.17, 15) is 18.0 Å². The summed E-state index contributed by atoms with van der Waals surface area (Å²) >= 11 is 1.32. The Hall–Kier alpha value is -2.82. The lowest BCUT2D eigenvalue weighted by atomic mass is 9.96. The number of hydrogen-bond donors (Lipinski definition) is 0. The first-order chi connectivity index (χ1) is 17.2. The molecule has 1 aliphatic rings. The van der Waals surface area contributed by atoms with E-state index in [2.05, 4.69) is 11.9 Å². The molecule has 0 N–H and O–H groups in total. The van der Waals surface area contributed by atoms with Crippen molar-refractivity contribution >= 4 is 43.5 Å². The first-order valence-corrected chi connectivity index (χ1v) is 14.4. The number of aryl methyl sites for hydroxylation is 1. The summed E-state index contributed by atoms with van der Waals surface area (Å²) in [7, 11) is -0.704. The molecule has 0 atom stereocenters. The van der Waals surface area contributed by atoms with Gasteiger partial charge in [0.1, 0.15) is 6.54 Å². The second kappa shape index (κ2) is 11.1. The Labute approximate surface area is 215 Å². The number of esters is 1. The molecule has 1 fully saturated rings. The van der Waals surface area contributed by atoms with Crippen molar-refractivity contribution in [3.05, 3.63) is 58.4 Å². The second-order valence-electron chi connectivity index (χ2n) is 8.96. The molecule has 4 rings (SSSR count). The highest BCUT2D eigenvalue weighted by Gasteiger charge is 2.29. The van der Waals surface area contributed by atoms with Gasteiger partial charge in [-0.3, -0.25) is 9.59 Å². The van der Waals surface area contributed by atoms with Crippen LogP contribution >= 0.6 is 11.3 Å². The molecular weight excluding hydrogens is 498 g/mol. The number of thiazole rings is 1. The number of nitrogens with zero attached hydrogens (tertiary/aromatic N) is 3. The third-order valence-corrected chi connectivity index (χ3v) is 9.70. The van der Waals surface area contributed by atoms with Gasteiger partial charge < -0.3 is 9.30 Å². The predicted molar refractivity (Wildman–Crippen MR) is 139 cm³/mol. The van der Waals surface area contributed by atoms with Crippen LogP contribution in [0.15, 0.2) is 52.4 Å². The molecule has 3 aromatic rings. The Morgan fingerprint density at radius 2 is 1.81 bits per heavy atom. The molecule has 1 heterocycles. The van der Waals surface area contributed by atoms with Crippen molar-refractivity contribution in [2.24, 2.45) is 4.99 Å². The Bertz CT molecular complexity index is 1430. The minimum atomic E-state index is -3.65. The fraction of sp³-hybridized carbons (Fsp3) is 0.423.